The number of aliphatic hydroxyl groups is 1. The summed E-state index contributed by atoms with van der Waals surface area (Å²) in [6, 6.07) is 0.201. The number of hydrogen-bond donors (Lipinski definition) is 2. The van der Waals surface area contributed by atoms with E-state index < -0.39 is 0 Å². The lowest BCUT2D eigenvalue weighted by atomic mass is 9.93. The molecule has 2 N–H and O–H groups in total. The molecular weight excluding hydrogens is 221 g/mol. The fourth-order valence-electron chi connectivity index (χ4n) is 2.17. The zero-order valence-corrected chi connectivity index (χ0v) is 9.99. The molecule has 0 aromatic carbocycles. The van der Waals surface area contributed by atoms with Gasteiger partial charge in [0.2, 0.25) is 0 Å². The molecule has 1 aliphatic carbocycles. The van der Waals surface area contributed by atoms with Crippen LogP contribution in [0.5, 0.6) is 0 Å². The summed E-state index contributed by atoms with van der Waals surface area (Å²) in [5.74, 6) is -0.0561. The number of aliphatic hydroxyl groups excluding tert-OH is 1. The Labute approximate surface area is 100 Å². The number of rotatable bonds is 3. The van der Waals surface area contributed by atoms with Crippen molar-refractivity contribution in [3.63, 3.8) is 0 Å². The quantitative estimate of drug-likeness (QED) is 0.845. The minimum absolute atomic E-state index is 0.200. The Morgan fingerprint density at radius 2 is 2.06 bits per heavy atom. The van der Waals surface area contributed by atoms with Crippen LogP contribution in [0, 0.1) is 5.82 Å². The average Bonchev–Trinajstić information content (AvgIpc) is 2.35. The summed E-state index contributed by atoms with van der Waals surface area (Å²) in [4.78, 5) is 7.84. The van der Waals surface area contributed by atoms with Crippen molar-refractivity contribution in [2.45, 2.75) is 51.2 Å². The van der Waals surface area contributed by atoms with Crippen LogP contribution in [0.25, 0.3) is 0 Å². The molecule has 17 heavy (non-hydrogen) atoms. The van der Waals surface area contributed by atoms with E-state index in [1.807, 2.05) is 6.92 Å². The molecule has 0 unspecified atom stereocenters. The van der Waals surface area contributed by atoms with Crippen molar-refractivity contribution in [3.05, 3.63) is 17.8 Å². The Hall–Kier alpha value is -1.23. The van der Waals surface area contributed by atoms with Gasteiger partial charge >= 0.3 is 0 Å². The Morgan fingerprint density at radius 1 is 1.35 bits per heavy atom. The van der Waals surface area contributed by atoms with Gasteiger partial charge in [-0.05, 0) is 32.1 Å². The normalized spacial score (nSPS) is 24.6. The van der Waals surface area contributed by atoms with Crippen LogP contribution < -0.4 is 5.32 Å². The van der Waals surface area contributed by atoms with Crippen molar-refractivity contribution in [2.75, 3.05) is 5.32 Å². The molecule has 0 amide bonds. The first-order valence-electron chi connectivity index (χ1n) is 6.14. The van der Waals surface area contributed by atoms with Crippen LogP contribution >= 0.6 is 0 Å². The maximum atomic E-state index is 13.9. The van der Waals surface area contributed by atoms with Crippen LogP contribution in [0.4, 0.5) is 10.2 Å². The number of anilines is 1. The second kappa shape index (κ2) is 5.40. The van der Waals surface area contributed by atoms with E-state index in [9.17, 15) is 9.50 Å². The molecule has 94 valence electrons. The highest BCUT2D eigenvalue weighted by Crippen LogP contribution is 2.23. The Bertz CT molecular complexity index is 378. The summed E-state index contributed by atoms with van der Waals surface area (Å²) in [6.07, 6.45) is 5.00. The molecule has 1 aromatic heterocycles. The summed E-state index contributed by atoms with van der Waals surface area (Å²) < 4.78 is 13.9. The standard InChI is InChI=1S/C12H18FN3O/c1-2-10-11(13)12(15-7-14-10)16-8-3-5-9(17)6-4-8/h7-9,17H,2-6H2,1H3,(H,14,15,16). The molecule has 0 aliphatic heterocycles. The lowest BCUT2D eigenvalue weighted by Gasteiger charge is -2.26. The number of aromatic nitrogens is 2. The minimum atomic E-state index is -0.346. The molecule has 2 rings (SSSR count). The van der Waals surface area contributed by atoms with Gasteiger partial charge in [-0.2, -0.15) is 0 Å². The number of hydrogen-bond acceptors (Lipinski definition) is 4. The van der Waals surface area contributed by atoms with Gasteiger partial charge in [-0.25, -0.2) is 14.4 Å². The monoisotopic (exact) mass is 239 g/mol. The van der Waals surface area contributed by atoms with Crippen molar-refractivity contribution in [3.8, 4) is 0 Å². The van der Waals surface area contributed by atoms with E-state index in [1.165, 1.54) is 6.33 Å². The van der Waals surface area contributed by atoms with Gasteiger partial charge in [0.25, 0.3) is 0 Å². The van der Waals surface area contributed by atoms with Gasteiger partial charge in [-0.15, -0.1) is 0 Å². The molecule has 0 bridgehead atoms. The predicted molar refractivity (Wildman–Crippen MR) is 63.3 cm³/mol. The van der Waals surface area contributed by atoms with Gasteiger partial charge in [-0.3, -0.25) is 0 Å². The number of nitrogens with zero attached hydrogens (tertiary/aromatic N) is 2. The zero-order valence-electron chi connectivity index (χ0n) is 9.99. The third-order valence-electron chi connectivity index (χ3n) is 3.23. The third-order valence-corrected chi connectivity index (χ3v) is 3.23. The maximum absolute atomic E-state index is 13.9. The molecule has 1 aromatic rings. The molecule has 0 atom stereocenters. The van der Waals surface area contributed by atoms with Crippen molar-refractivity contribution >= 4 is 5.82 Å². The second-order valence-corrected chi connectivity index (χ2v) is 4.49. The van der Waals surface area contributed by atoms with E-state index in [4.69, 9.17) is 0 Å². The maximum Gasteiger partial charge on any atom is 0.186 e. The first-order chi connectivity index (χ1) is 8.20. The third kappa shape index (κ3) is 2.91. The van der Waals surface area contributed by atoms with E-state index >= 15 is 0 Å². The highest BCUT2D eigenvalue weighted by molar-refractivity contribution is 5.38. The highest BCUT2D eigenvalue weighted by atomic mass is 19.1. The average molecular weight is 239 g/mol. The van der Waals surface area contributed by atoms with Crippen LogP contribution in [-0.4, -0.2) is 27.2 Å². The predicted octanol–water partition coefficient (Wildman–Crippen LogP) is 1.89. The fourth-order valence-corrected chi connectivity index (χ4v) is 2.17. The van der Waals surface area contributed by atoms with Crippen molar-refractivity contribution in [2.24, 2.45) is 0 Å². The van der Waals surface area contributed by atoms with Crippen LogP contribution in [0.2, 0.25) is 0 Å². The second-order valence-electron chi connectivity index (χ2n) is 4.49. The van der Waals surface area contributed by atoms with E-state index in [1.54, 1.807) is 0 Å². The van der Waals surface area contributed by atoms with Crippen LogP contribution in [0.15, 0.2) is 6.33 Å². The molecule has 0 saturated heterocycles. The molecule has 0 radical (unpaired) electrons. The van der Waals surface area contributed by atoms with Gasteiger partial charge in [0.1, 0.15) is 6.33 Å². The summed E-state index contributed by atoms with van der Waals surface area (Å²) in [7, 11) is 0. The van der Waals surface area contributed by atoms with Crippen molar-refractivity contribution in [1.82, 2.24) is 9.97 Å². The Morgan fingerprint density at radius 3 is 2.71 bits per heavy atom. The first kappa shape index (κ1) is 12.2. The molecule has 0 spiro atoms. The van der Waals surface area contributed by atoms with E-state index in [0.717, 1.165) is 25.7 Å². The number of nitrogens with one attached hydrogen (secondary N) is 1. The topological polar surface area (TPSA) is 58.0 Å². The van der Waals surface area contributed by atoms with E-state index in [2.05, 4.69) is 15.3 Å². The van der Waals surface area contributed by atoms with Crippen LogP contribution in [0.1, 0.15) is 38.3 Å². The van der Waals surface area contributed by atoms with Gasteiger partial charge in [0, 0.05) is 6.04 Å². The van der Waals surface area contributed by atoms with Gasteiger partial charge in [-0.1, -0.05) is 6.92 Å². The van der Waals surface area contributed by atoms with Crippen molar-refractivity contribution < 1.29 is 9.50 Å². The summed E-state index contributed by atoms with van der Waals surface area (Å²) in [5.41, 5.74) is 0.443. The lowest BCUT2D eigenvalue weighted by Crippen LogP contribution is -2.29. The lowest BCUT2D eigenvalue weighted by molar-refractivity contribution is 0.126. The van der Waals surface area contributed by atoms with Crippen LogP contribution in [-0.2, 0) is 6.42 Å². The first-order valence-corrected chi connectivity index (χ1v) is 6.14. The summed E-state index contributed by atoms with van der Waals surface area (Å²) in [6.45, 7) is 1.87. The molecule has 1 saturated carbocycles. The van der Waals surface area contributed by atoms with Crippen molar-refractivity contribution in [1.29, 1.82) is 0 Å². The molecule has 4 nitrogen and oxygen atoms in total. The van der Waals surface area contributed by atoms with Crippen LogP contribution in [0.3, 0.4) is 0 Å². The SMILES string of the molecule is CCc1ncnc(NC2CCC(O)CC2)c1F. The molecular formula is C12H18FN3O. The van der Waals surface area contributed by atoms with Gasteiger partial charge < -0.3 is 10.4 Å². The Kier molecular flexibility index (Phi) is 3.89. The Balaban J connectivity index is 2.03. The van der Waals surface area contributed by atoms with Gasteiger partial charge in [0.15, 0.2) is 11.6 Å². The molecule has 1 heterocycles. The molecule has 1 fully saturated rings. The van der Waals surface area contributed by atoms with Gasteiger partial charge in [0.05, 0.1) is 11.8 Å². The highest BCUT2D eigenvalue weighted by Gasteiger charge is 2.21. The number of halogens is 1. The minimum Gasteiger partial charge on any atom is -0.393 e. The van der Waals surface area contributed by atoms with E-state index in [0.29, 0.717) is 17.9 Å². The molecule has 1 aliphatic rings. The van der Waals surface area contributed by atoms with E-state index in [-0.39, 0.29) is 18.0 Å². The zero-order chi connectivity index (χ0) is 12.3. The summed E-state index contributed by atoms with van der Waals surface area (Å²) >= 11 is 0. The summed E-state index contributed by atoms with van der Waals surface area (Å²) in [5, 5.41) is 12.5. The number of aryl methyl sites for hydroxylation is 1. The fraction of sp³-hybridized carbons (Fsp3) is 0.667. The largest absolute Gasteiger partial charge is 0.393 e. The molecule has 5 heteroatoms. The smallest absolute Gasteiger partial charge is 0.186 e.